The summed E-state index contributed by atoms with van der Waals surface area (Å²) in [6.45, 7) is 1.58. The molecule has 7 rings (SSSR count). The molecule has 4 heterocycles. The zero-order valence-electron chi connectivity index (χ0n) is 20.6. The smallest absolute Gasteiger partial charge is 0.165 e. The summed E-state index contributed by atoms with van der Waals surface area (Å²) in [6.07, 6.45) is 18.4. The number of nitrogens with zero attached hydrogens (tertiary/aromatic N) is 6. The van der Waals surface area contributed by atoms with Gasteiger partial charge in [-0.1, -0.05) is 88.8 Å². The van der Waals surface area contributed by atoms with Gasteiger partial charge in [0, 0.05) is 40.5 Å². The van der Waals surface area contributed by atoms with Crippen molar-refractivity contribution in [3.63, 3.8) is 0 Å². The fourth-order valence-electron chi connectivity index (χ4n) is 5.41. The summed E-state index contributed by atoms with van der Waals surface area (Å²) in [5.74, 6) is 2.29. The summed E-state index contributed by atoms with van der Waals surface area (Å²) >= 11 is 3.71. The second-order valence-electron chi connectivity index (χ2n) is 9.68. The number of aromatic nitrogens is 3. The molecule has 0 N–H and O–H groups in total. The summed E-state index contributed by atoms with van der Waals surface area (Å²) in [5, 5.41) is 0. The first kappa shape index (κ1) is 23.0. The standard InChI is InChI=1S/C31H25BrN6/c32-25-9-4-3-8-24(25)20-38-27-15-17-33-18-26(27)35-30(38)22-11-13-23(14-12-22)31-36-29-28(10-5-16-34-29)37(31)19-21-6-1-2-7-21/h1-18,21,28-29H,19-20H2. The van der Waals surface area contributed by atoms with Gasteiger partial charge in [-0.3, -0.25) is 9.98 Å². The molecule has 0 fully saturated rings. The highest BCUT2D eigenvalue weighted by Gasteiger charge is 2.36. The number of pyridine rings is 1. The second kappa shape index (κ2) is 9.65. The van der Waals surface area contributed by atoms with Gasteiger partial charge in [0.2, 0.25) is 0 Å². The molecule has 2 aromatic carbocycles. The van der Waals surface area contributed by atoms with Crippen LogP contribution in [0.5, 0.6) is 0 Å². The maximum Gasteiger partial charge on any atom is 0.165 e. The van der Waals surface area contributed by atoms with Crippen molar-refractivity contribution in [2.45, 2.75) is 18.8 Å². The molecule has 7 heteroatoms. The van der Waals surface area contributed by atoms with Crippen molar-refractivity contribution in [1.29, 1.82) is 0 Å². The summed E-state index contributed by atoms with van der Waals surface area (Å²) in [5.41, 5.74) is 5.29. The fraction of sp³-hybridized carbons (Fsp3) is 0.161. The highest BCUT2D eigenvalue weighted by molar-refractivity contribution is 9.10. The van der Waals surface area contributed by atoms with Crippen LogP contribution in [-0.2, 0) is 6.54 Å². The minimum absolute atomic E-state index is 0.0925. The van der Waals surface area contributed by atoms with Gasteiger partial charge in [0.05, 0.1) is 24.3 Å². The molecular weight excluding hydrogens is 536 g/mol. The van der Waals surface area contributed by atoms with Gasteiger partial charge in [0.15, 0.2) is 6.17 Å². The van der Waals surface area contributed by atoms with Crippen LogP contribution in [0.4, 0.5) is 0 Å². The minimum atomic E-state index is -0.0925. The van der Waals surface area contributed by atoms with Crippen molar-refractivity contribution in [3.8, 4) is 11.4 Å². The van der Waals surface area contributed by atoms with Gasteiger partial charge in [0.25, 0.3) is 0 Å². The van der Waals surface area contributed by atoms with E-state index in [2.05, 4.69) is 108 Å². The molecule has 1 aliphatic carbocycles. The van der Waals surface area contributed by atoms with Gasteiger partial charge in [-0.15, -0.1) is 0 Å². The van der Waals surface area contributed by atoms with Crippen LogP contribution in [0.25, 0.3) is 22.4 Å². The Balaban J connectivity index is 1.25. The average Bonchev–Trinajstić information content (AvgIpc) is 3.69. The largest absolute Gasteiger partial charge is 0.345 e. The SMILES string of the molecule is Brc1ccccc1Cn1c(-c2ccc(C3=NC4N=CC=CC4N3CC3C=CC=C3)cc2)nc2cnccc21. The van der Waals surface area contributed by atoms with Crippen LogP contribution in [0.2, 0.25) is 0 Å². The van der Waals surface area contributed by atoms with E-state index < -0.39 is 0 Å². The van der Waals surface area contributed by atoms with E-state index in [1.165, 1.54) is 5.56 Å². The highest BCUT2D eigenvalue weighted by Crippen LogP contribution is 2.31. The molecule has 6 nitrogen and oxygen atoms in total. The predicted molar refractivity (Wildman–Crippen MR) is 156 cm³/mol. The van der Waals surface area contributed by atoms with Crippen molar-refractivity contribution in [3.05, 3.63) is 119 Å². The number of benzene rings is 2. The number of dihydropyridines is 1. The molecule has 0 saturated carbocycles. The van der Waals surface area contributed by atoms with Crippen LogP contribution in [0.15, 0.2) is 118 Å². The van der Waals surface area contributed by atoms with E-state index in [4.69, 9.17) is 9.98 Å². The molecule has 0 amide bonds. The van der Waals surface area contributed by atoms with Crippen molar-refractivity contribution < 1.29 is 0 Å². The summed E-state index contributed by atoms with van der Waals surface area (Å²) in [7, 11) is 0. The minimum Gasteiger partial charge on any atom is -0.345 e. The van der Waals surface area contributed by atoms with E-state index in [9.17, 15) is 0 Å². The molecule has 0 saturated heterocycles. The van der Waals surface area contributed by atoms with Gasteiger partial charge in [0.1, 0.15) is 17.2 Å². The highest BCUT2D eigenvalue weighted by atomic mass is 79.9. The number of hydrogen-bond donors (Lipinski definition) is 0. The Kier molecular flexibility index (Phi) is 5.85. The lowest BCUT2D eigenvalue weighted by atomic mass is 10.1. The molecule has 38 heavy (non-hydrogen) atoms. The van der Waals surface area contributed by atoms with E-state index in [-0.39, 0.29) is 12.2 Å². The Morgan fingerprint density at radius 1 is 0.868 bits per heavy atom. The fourth-order valence-corrected chi connectivity index (χ4v) is 5.82. The zero-order chi connectivity index (χ0) is 25.5. The quantitative estimate of drug-likeness (QED) is 0.288. The van der Waals surface area contributed by atoms with Crippen LogP contribution in [0.1, 0.15) is 11.1 Å². The number of allylic oxidation sites excluding steroid dienone is 3. The topological polar surface area (TPSA) is 58.7 Å². The predicted octanol–water partition coefficient (Wildman–Crippen LogP) is 6.05. The van der Waals surface area contributed by atoms with Crippen molar-refractivity contribution in [2.75, 3.05) is 6.54 Å². The maximum absolute atomic E-state index is 5.03. The molecule has 186 valence electrons. The summed E-state index contributed by atoms with van der Waals surface area (Å²) < 4.78 is 3.35. The number of fused-ring (bicyclic) bond motifs is 2. The van der Waals surface area contributed by atoms with Crippen LogP contribution in [0, 0.1) is 5.92 Å². The summed E-state index contributed by atoms with van der Waals surface area (Å²) in [6, 6.07) is 19.1. The zero-order valence-corrected chi connectivity index (χ0v) is 22.2. The first-order valence-electron chi connectivity index (χ1n) is 12.8. The van der Waals surface area contributed by atoms with Crippen LogP contribution in [-0.4, -0.2) is 50.2 Å². The van der Waals surface area contributed by atoms with E-state index in [0.717, 1.165) is 44.8 Å². The number of rotatable bonds is 6. The van der Waals surface area contributed by atoms with Crippen LogP contribution < -0.4 is 0 Å². The molecule has 0 spiro atoms. The van der Waals surface area contributed by atoms with E-state index >= 15 is 0 Å². The molecule has 2 unspecified atom stereocenters. The molecule has 4 aromatic rings. The number of amidine groups is 1. The Hall–Kier alpha value is -4.10. The maximum atomic E-state index is 5.03. The first-order chi connectivity index (χ1) is 18.7. The molecule has 0 radical (unpaired) electrons. The van der Waals surface area contributed by atoms with Crippen LogP contribution in [0.3, 0.4) is 0 Å². The van der Waals surface area contributed by atoms with Gasteiger partial charge in [-0.2, -0.15) is 0 Å². The lowest BCUT2D eigenvalue weighted by Crippen LogP contribution is -2.41. The third-order valence-corrected chi connectivity index (χ3v) is 8.07. The van der Waals surface area contributed by atoms with E-state index in [1.54, 1.807) is 0 Å². The van der Waals surface area contributed by atoms with Gasteiger partial charge < -0.3 is 9.47 Å². The number of imidazole rings is 1. The van der Waals surface area contributed by atoms with Gasteiger partial charge in [-0.25, -0.2) is 9.98 Å². The average molecular weight is 561 g/mol. The number of aliphatic imine (C=N–C) groups is 2. The molecule has 2 aromatic heterocycles. The Morgan fingerprint density at radius 3 is 2.53 bits per heavy atom. The molecular formula is C31H25BrN6. The lowest BCUT2D eigenvalue weighted by molar-refractivity contribution is 0.341. The Labute approximate surface area is 229 Å². The Bertz CT molecular complexity index is 1650. The van der Waals surface area contributed by atoms with Crippen molar-refractivity contribution in [2.24, 2.45) is 15.9 Å². The normalized spacial score (nSPS) is 20.0. The van der Waals surface area contributed by atoms with Gasteiger partial charge >= 0.3 is 0 Å². The van der Waals surface area contributed by atoms with Crippen molar-refractivity contribution in [1.82, 2.24) is 19.4 Å². The Morgan fingerprint density at radius 2 is 1.68 bits per heavy atom. The van der Waals surface area contributed by atoms with E-state index in [1.807, 2.05) is 36.8 Å². The molecule has 0 bridgehead atoms. The van der Waals surface area contributed by atoms with E-state index in [0.29, 0.717) is 12.5 Å². The molecule has 2 aliphatic heterocycles. The van der Waals surface area contributed by atoms with Crippen molar-refractivity contribution >= 4 is 39.0 Å². The van der Waals surface area contributed by atoms with Gasteiger partial charge in [-0.05, 0) is 23.8 Å². The number of hydrogen-bond acceptors (Lipinski definition) is 5. The second-order valence-corrected chi connectivity index (χ2v) is 10.5. The monoisotopic (exact) mass is 560 g/mol. The summed E-state index contributed by atoms with van der Waals surface area (Å²) in [4.78, 5) is 21.4. The first-order valence-corrected chi connectivity index (χ1v) is 13.6. The third kappa shape index (κ3) is 4.13. The van der Waals surface area contributed by atoms with Crippen LogP contribution >= 0.6 is 15.9 Å². The lowest BCUT2D eigenvalue weighted by Gasteiger charge is -2.30. The number of halogens is 1. The molecule has 2 atom stereocenters. The molecule has 3 aliphatic rings. The third-order valence-electron chi connectivity index (χ3n) is 7.30.